The lowest BCUT2D eigenvalue weighted by Gasteiger charge is -2.24. The summed E-state index contributed by atoms with van der Waals surface area (Å²) >= 11 is 5.67. The lowest BCUT2D eigenvalue weighted by Crippen LogP contribution is -2.25. The Morgan fingerprint density at radius 1 is 1.47 bits per heavy atom. The van der Waals surface area contributed by atoms with E-state index in [0.717, 1.165) is 11.5 Å². The van der Waals surface area contributed by atoms with Crippen molar-refractivity contribution in [1.29, 1.82) is 0 Å². The van der Waals surface area contributed by atoms with Crippen LogP contribution < -0.4 is 10.1 Å². The van der Waals surface area contributed by atoms with Crippen LogP contribution in [-0.2, 0) is 5.75 Å². The van der Waals surface area contributed by atoms with Crippen LogP contribution >= 0.6 is 27.7 Å². The van der Waals surface area contributed by atoms with Crippen molar-refractivity contribution < 1.29 is 4.74 Å². The molecule has 0 amide bonds. The molecule has 1 aromatic carbocycles. The van der Waals surface area contributed by atoms with Crippen molar-refractivity contribution in [3.63, 3.8) is 0 Å². The molecule has 2 atom stereocenters. The molecule has 0 bridgehead atoms. The van der Waals surface area contributed by atoms with Gasteiger partial charge < -0.3 is 10.1 Å². The number of rotatable bonds is 2. The Balaban J connectivity index is 2.57. The van der Waals surface area contributed by atoms with Gasteiger partial charge in [0.25, 0.3) is 0 Å². The first-order chi connectivity index (χ1) is 8.19. The van der Waals surface area contributed by atoms with E-state index in [1.165, 1.54) is 21.4 Å². The Bertz CT molecular complexity index is 411. The highest BCUT2D eigenvalue weighted by Crippen LogP contribution is 2.42. The molecule has 1 aliphatic heterocycles. The van der Waals surface area contributed by atoms with Gasteiger partial charge in [0, 0.05) is 21.8 Å². The van der Waals surface area contributed by atoms with Crippen LogP contribution in [0.4, 0.5) is 0 Å². The maximum atomic E-state index is 5.49. The first-order valence-electron chi connectivity index (χ1n) is 5.79. The van der Waals surface area contributed by atoms with Crippen molar-refractivity contribution >= 4 is 27.7 Å². The fourth-order valence-corrected chi connectivity index (χ4v) is 4.25. The molecule has 17 heavy (non-hydrogen) atoms. The summed E-state index contributed by atoms with van der Waals surface area (Å²) in [5.74, 6) is 3.83. The van der Waals surface area contributed by atoms with E-state index in [-0.39, 0.29) is 0 Å². The molecule has 2 rings (SSSR count). The minimum absolute atomic E-state index is 0.393. The standard InChI is InChI=1S/C13H18BrNOS/c1-8-6-17-7-9-11(16-3)5-4-10(14)12(9)13(8)15-2/h4-5,8,13,15H,6-7H2,1-3H3. The van der Waals surface area contributed by atoms with Crippen LogP contribution in [0.15, 0.2) is 16.6 Å². The number of thioether (sulfide) groups is 1. The molecule has 0 saturated heterocycles. The summed E-state index contributed by atoms with van der Waals surface area (Å²) < 4.78 is 6.67. The number of nitrogens with one attached hydrogen (secondary N) is 1. The number of fused-ring (bicyclic) bond motifs is 1. The van der Waals surface area contributed by atoms with Crippen molar-refractivity contribution in [3.05, 3.63) is 27.7 Å². The molecule has 0 aromatic heterocycles. The predicted octanol–water partition coefficient (Wildman–Crippen LogP) is 3.60. The van der Waals surface area contributed by atoms with Crippen LogP contribution in [0.5, 0.6) is 5.75 Å². The molecule has 0 spiro atoms. The van der Waals surface area contributed by atoms with E-state index in [1.54, 1.807) is 7.11 Å². The summed E-state index contributed by atoms with van der Waals surface area (Å²) in [6.07, 6.45) is 0. The number of benzene rings is 1. The smallest absolute Gasteiger partial charge is 0.123 e. The van der Waals surface area contributed by atoms with Crippen LogP contribution in [0.1, 0.15) is 24.1 Å². The first kappa shape index (κ1) is 13.2. The SMILES string of the molecule is CNC1c2c(Br)ccc(OC)c2CSCC1C. The van der Waals surface area contributed by atoms with Gasteiger partial charge in [0.05, 0.1) is 7.11 Å². The van der Waals surface area contributed by atoms with Gasteiger partial charge >= 0.3 is 0 Å². The van der Waals surface area contributed by atoms with Crippen LogP contribution in [0.2, 0.25) is 0 Å². The Morgan fingerprint density at radius 3 is 2.88 bits per heavy atom. The van der Waals surface area contributed by atoms with Crippen molar-refractivity contribution in [2.24, 2.45) is 5.92 Å². The molecule has 2 unspecified atom stereocenters. The maximum Gasteiger partial charge on any atom is 0.123 e. The largest absolute Gasteiger partial charge is 0.496 e. The molecule has 1 aliphatic rings. The van der Waals surface area contributed by atoms with Gasteiger partial charge in [-0.2, -0.15) is 11.8 Å². The molecule has 94 valence electrons. The minimum atomic E-state index is 0.393. The molecule has 0 aliphatic carbocycles. The third kappa shape index (κ3) is 2.49. The highest BCUT2D eigenvalue weighted by molar-refractivity contribution is 9.10. The van der Waals surface area contributed by atoms with Crippen molar-refractivity contribution in [1.82, 2.24) is 5.32 Å². The van der Waals surface area contributed by atoms with E-state index in [0.29, 0.717) is 12.0 Å². The van der Waals surface area contributed by atoms with Crippen molar-refractivity contribution in [3.8, 4) is 5.75 Å². The summed E-state index contributed by atoms with van der Waals surface area (Å²) in [6.45, 7) is 2.30. The van der Waals surface area contributed by atoms with E-state index in [9.17, 15) is 0 Å². The molecule has 1 aromatic rings. The Labute approximate surface area is 116 Å². The number of hydrogen-bond donors (Lipinski definition) is 1. The van der Waals surface area contributed by atoms with Crippen LogP contribution in [0.25, 0.3) is 0 Å². The molecule has 0 saturated carbocycles. The molecule has 4 heteroatoms. The first-order valence-corrected chi connectivity index (χ1v) is 7.74. The molecule has 1 heterocycles. The molecular formula is C13H18BrNOS. The van der Waals surface area contributed by atoms with Gasteiger partial charge in [-0.3, -0.25) is 0 Å². The average Bonchev–Trinajstić information content (AvgIpc) is 2.49. The molecule has 1 N–H and O–H groups in total. The van der Waals surface area contributed by atoms with Gasteiger partial charge in [-0.15, -0.1) is 0 Å². The van der Waals surface area contributed by atoms with Crippen molar-refractivity contribution in [2.45, 2.75) is 18.7 Å². The number of ether oxygens (including phenoxy) is 1. The number of methoxy groups -OCH3 is 1. The summed E-state index contributed by atoms with van der Waals surface area (Å²) in [5.41, 5.74) is 2.69. The van der Waals surface area contributed by atoms with E-state index < -0.39 is 0 Å². The molecule has 0 radical (unpaired) electrons. The zero-order valence-corrected chi connectivity index (χ0v) is 12.8. The maximum absolute atomic E-state index is 5.49. The lowest BCUT2D eigenvalue weighted by molar-refractivity contribution is 0.405. The molecule has 2 nitrogen and oxygen atoms in total. The second-order valence-corrected chi connectivity index (χ2v) is 6.29. The summed E-state index contributed by atoms with van der Waals surface area (Å²) in [4.78, 5) is 0. The van der Waals surface area contributed by atoms with Gasteiger partial charge in [0.15, 0.2) is 0 Å². The number of halogens is 1. The van der Waals surface area contributed by atoms with E-state index in [2.05, 4.69) is 34.2 Å². The summed E-state index contributed by atoms with van der Waals surface area (Å²) in [5, 5.41) is 3.44. The molecular weight excluding hydrogens is 298 g/mol. The topological polar surface area (TPSA) is 21.3 Å². The third-order valence-electron chi connectivity index (χ3n) is 3.30. The number of hydrogen-bond acceptors (Lipinski definition) is 3. The third-order valence-corrected chi connectivity index (χ3v) is 5.24. The highest BCUT2D eigenvalue weighted by atomic mass is 79.9. The van der Waals surface area contributed by atoms with Gasteiger partial charge in [0.2, 0.25) is 0 Å². The van der Waals surface area contributed by atoms with E-state index >= 15 is 0 Å². The fraction of sp³-hybridized carbons (Fsp3) is 0.538. The second kappa shape index (κ2) is 5.63. The lowest BCUT2D eigenvalue weighted by atomic mass is 9.92. The Hall–Kier alpha value is -0.190. The fourth-order valence-electron chi connectivity index (χ4n) is 2.45. The van der Waals surface area contributed by atoms with Crippen LogP contribution in [0.3, 0.4) is 0 Å². The highest BCUT2D eigenvalue weighted by Gasteiger charge is 2.27. The van der Waals surface area contributed by atoms with E-state index in [1.807, 2.05) is 24.9 Å². The minimum Gasteiger partial charge on any atom is -0.496 e. The zero-order chi connectivity index (χ0) is 12.4. The van der Waals surface area contributed by atoms with Gasteiger partial charge in [-0.05, 0) is 36.4 Å². The monoisotopic (exact) mass is 315 g/mol. The zero-order valence-electron chi connectivity index (χ0n) is 10.4. The van der Waals surface area contributed by atoms with E-state index in [4.69, 9.17) is 4.74 Å². The second-order valence-electron chi connectivity index (χ2n) is 4.40. The molecule has 0 fully saturated rings. The van der Waals surface area contributed by atoms with Gasteiger partial charge in [-0.25, -0.2) is 0 Å². The normalized spacial score (nSPS) is 24.0. The Kier molecular flexibility index (Phi) is 4.39. The Morgan fingerprint density at radius 2 is 2.24 bits per heavy atom. The average molecular weight is 316 g/mol. The summed E-state index contributed by atoms with van der Waals surface area (Å²) in [6, 6.07) is 4.53. The quantitative estimate of drug-likeness (QED) is 0.901. The van der Waals surface area contributed by atoms with Crippen molar-refractivity contribution in [2.75, 3.05) is 19.9 Å². The van der Waals surface area contributed by atoms with Crippen LogP contribution in [0, 0.1) is 5.92 Å². The summed E-state index contributed by atoms with van der Waals surface area (Å²) in [7, 11) is 3.78. The van der Waals surface area contributed by atoms with Gasteiger partial charge in [-0.1, -0.05) is 22.9 Å². The van der Waals surface area contributed by atoms with Crippen LogP contribution in [-0.4, -0.2) is 19.9 Å². The van der Waals surface area contributed by atoms with Gasteiger partial charge in [0.1, 0.15) is 5.75 Å². The predicted molar refractivity (Wildman–Crippen MR) is 77.8 cm³/mol.